The number of nitrogens with zero attached hydrogens (tertiary/aromatic N) is 2. The number of anilines is 1. The van der Waals surface area contributed by atoms with Crippen LogP contribution in [0, 0.1) is 0 Å². The van der Waals surface area contributed by atoms with Gasteiger partial charge in [0, 0.05) is 29.2 Å². The van der Waals surface area contributed by atoms with Crippen molar-refractivity contribution in [2.24, 2.45) is 0 Å². The molecule has 0 aliphatic rings. The highest BCUT2D eigenvalue weighted by atomic mass is 16.3. The zero-order valence-corrected chi connectivity index (χ0v) is 15.1. The fourth-order valence-electron chi connectivity index (χ4n) is 2.85. The van der Waals surface area contributed by atoms with Gasteiger partial charge in [0.25, 0.3) is 5.91 Å². The molecular weight excluding hydrogens is 338 g/mol. The maximum absolute atomic E-state index is 12.5. The fraction of sp³-hybridized carbons (Fsp3) is 0.136. The van der Waals surface area contributed by atoms with Gasteiger partial charge in [0.05, 0.1) is 0 Å². The van der Waals surface area contributed by atoms with E-state index in [9.17, 15) is 4.79 Å². The highest BCUT2D eigenvalue weighted by Gasteiger charge is 2.11. The van der Waals surface area contributed by atoms with Crippen molar-refractivity contribution < 1.29 is 9.21 Å². The summed E-state index contributed by atoms with van der Waals surface area (Å²) in [7, 11) is 0. The minimum absolute atomic E-state index is 0.150. The second kappa shape index (κ2) is 7.03. The van der Waals surface area contributed by atoms with E-state index in [1.165, 1.54) is 5.56 Å². The van der Waals surface area contributed by atoms with Crippen LogP contribution < -0.4 is 5.32 Å². The molecule has 0 saturated heterocycles. The highest BCUT2D eigenvalue weighted by Crippen LogP contribution is 2.26. The summed E-state index contributed by atoms with van der Waals surface area (Å²) < 4.78 is 5.78. The number of rotatable bonds is 4. The van der Waals surface area contributed by atoms with Crippen LogP contribution in [0.25, 0.3) is 22.6 Å². The van der Waals surface area contributed by atoms with Crippen molar-refractivity contribution in [1.29, 1.82) is 0 Å². The maximum atomic E-state index is 12.5. The largest absolute Gasteiger partial charge is 0.436 e. The second-order valence-electron chi connectivity index (χ2n) is 6.67. The lowest BCUT2D eigenvalue weighted by Crippen LogP contribution is -2.11. The summed E-state index contributed by atoms with van der Waals surface area (Å²) in [6.07, 6.45) is 3.39. The summed E-state index contributed by atoms with van der Waals surface area (Å²) in [5.41, 5.74) is 4.72. The molecule has 5 nitrogen and oxygen atoms in total. The summed E-state index contributed by atoms with van der Waals surface area (Å²) in [5, 5.41) is 2.92. The molecule has 2 heterocycles. The molecule has 0 radical (unpaired) electrons. The van der Waals surface area contributed by atoms with E-state index in [-0.39, 0.29) is 5.91 Å². The molecule has 1 N–H and O–H groups in total. The Labute approximate surface area is 157 Å². The molecule has 0 atom stereocenters. The first kappa shape index (κ1) is 17.0. The quantitative estimate of drug-likeness (QED) is 0.540. The van der Waals surface area contributed by atoms with Crippen LogP contribution in [0.1, 0.15) is 35.7 Å². The van der Waals surface area contributed by atoms with Gasteiger partial charge in [-0.2, -0.15) is 0 Å². The number of nitrogens with one attached hydrogen (secondary N) is 1. The average Bonchev–Trinajstić information content (AvgIpc) is 3.12. The van der Waals surface area contributed by atoms with E-state index in [1.54, 1.807) is 12.4 Å². The van der Waals surface area contributed by atoms with Crippen LogP contribution in [0.5, 0.6) is 0 Å². The van der Waals surface area contributed by atoms with Crippen LogP contribution in [-0.2, 0) is 0 Å². The molecule has 0 fully saturated rings. The van der Waals surface area contributed by atoms with Gasteiger partial charge in [0.15, 0.2) is 5.58 Å². The van der Waals surface area contributed by atoms with Gasteiger partial charge < -0.3 is 9.73 Å². The standard InChI is InChI=1S/C22H19N3O2/c1-14(2)15-3-5-16(6-4-15)21(26)24-18-7-8-20-19(13-18)25-22(27-20)17-9-11-23-12-10-17/h3-14H,1-2H3,(H,24,26). The smallest absolute Gasteiger partial charge is 0.255 e. The zero-order valence-electron chi connectivity index (χ0n) is 15.1. The fourth-order valence-corrected chi connectivity index (χ4v) is 2.85. The molecule has 2 aromatic heterocycles. The number of amides is 1. The monoisotopic (exact) mass is 357 g/mol. The normalized spacial score (nSPS) is 11.1. The van der Waals surface area contributed by atoms with Gasteiger partial charge in [-0.1, -0.05) is 26.0 Å². The number of aromatic nitrogens is 2. The molecule has 1 amide bonds. The van der Waals surface area contributed by atoms with Crippen LogP contribution in [0.4, 0.5) is 5.69 Å². The molecule has 0 unspecified atom stereocenters. The van der Waals surface area contributed by atoms with E-state index in [0.717, 1.165) is 5.56 Å². The van der Waals surface area contributed by atoms with Crippen molar-refractivity contribution in [3.8, 4) is 11.5 Å². The van der Waals surface area contributed by atoms with Gasteiger partial charge in [0.1, 0.15) is 5.52 Å². The van der Waals surface area contributed by atoms with Crippen molar-refractivity contribution in [2.75, 3.05) is 5.32 Å². The van der Waals surface area contributed by atoms with Crippen molar-refractivity contribution >= 4 is 22.7 Å². The minimum Gasteiger partial charge on any atom is -0.436 e. The Kier molecular flexibility index (Phi) is 4.42. The number of benzene rings is 2. The molecule has 0 bridgehead atoms. The van der Waals surface area contributed by atoms with Crippen LogP contribution in [0.15, 0.2) is 71.4 Å². The van der Waals surface area contributed by atoms with Gasteiger partial charge in [-0.25, -0.2) is 4.98 Å². The Balaban J connectivity index is 1.56. The van der Waals surface area contributed by atoms with Gasteiger partial charge in [0.2, 0.25) is 5.89 Å². The van der Waals surface area contributed by atoms with Gasteiger partial charge in [-0.05, 0) is 53.9 Å². The Morgan fingerprint density at radius 1 is 1.00 bits per heavy atom. The molecule has 4 rings (SSSR count). The van der Waals surface area contributed by atoms with Crippen molar-refractivity contribution in [3.05, 3.63) is 78.1 Å². The third-order valence-corrected chi connectivity index (χ3v) is 4.41. The number of carbonyl (C=O) groups is 1. The van der Waals surface area contributed by atoms with Crippen molar-refractivity contribution in [1.82, 2.24) is 9.97 Å². The highest BCUT2D eigenvalue weighted by molar-refractivity contribution is 6.05. The second-order valence-corrected chi connectivity index (χ2v) is 6.67. The number of fused-ring (bicyclic) bond motifs is 1. The molecule has 0 aliphatic carbocycles. The number of hydrogen-bond donors (Lipinski definition) is 1. The summed E-state index contributed by atoms with van der Waals surface area (Å²) in [4.78, 5) is 21.0. The van der Waals surface area contributed by atoms with Gasteiger partial charge in [-0.15, -0.1) is 0 Å². The predicted molar refractivity (Wildman–Crippen MR) is 106 cm³/mol. The molecule has 0 saturated carbocycles. The first-order valence-electron chi connectivity index (χ1n) is 8.82. The number of carbonyl (C=O) groups excluding carboxylic acids is 1. The Morgan fingerprint density at radius 2 is 1.74 bits per heavy atom. The average molecular weight is 357 g/mol. The molecule has 0 aliphatic heterocycles. The number of oxazole rings is 1. The molecule has 5 heteroatoms. The van der Waals surface area contributed by atoms with E-state index in [2.05, 4.69) is 29.1 Å². The van der Waals surface area contributed by atoms with Crippen molar-refractivity contribution in [2.45, 2.75) is 19.8 Å². The van der Waals surface area contributed by atoms with E-state index in [0.29, 0.717) is 34.2 Å². The van der Waals surface area contributed by atoms with Crippen LogP contribution >= 0.6 is 0 Å². The number of pyridine rings is 1. The maximum Gasteiger partial charge on any atom is 0.255 e. The van der Waals surface area contributed by atoms with Crippen LogP contribution in [-0.4, -0.2) is 15.9 Å². The minimum atomic E-state index is -0.150. The Hall–Kier alpha value is -3.47. The van der Waals surface area contributed by atoms with E-state index < -0.39 is 0 Å². The first-order chi connectivity index (χ1) is 13.1. The third kappa shape index (κ3) is 3.58. The summed E-state index contributed by atoms with van der Waals surface area (Å²) in [6, 6.07) is 16.8. The lowest BCUT2D eigenvalue weighted by molar-refractivity contribution is 0.102. The first-order valence-corrected chi connectivity index (χ1v) is 8.82. The van der Waals surface area contributed by atoms with Crippen LogP contribution in [0.2, 0.25) is 0 Å². The molecule has 4 aromatic rings. The van der Waals surface area contributed by atoms with Crippen molar-refractivity contribution in [3.63, 3.8) is 0 Å². The Bertz CT molecular complexity index is 1080. The molecule has 0 spiro atoms. The summed E-state index contributed by atoms with van der Waals surface area (Å²) in [6.45, 7) is 4.25. The molecule has 2 aromatic carbocycles. The van der Waals surface area contributed by atoms with E-state index in [1.807, 2.05) is 54.6 Å². The van der Waals surface area contributed by atoms with Gasteiger partial charge >= 0.3 is 0 Å². The lowest BCUT2D eigenvalue weighted by atomic mass is 10.0. The molecule has 134 valence electrons. The Morgan fingerprint density at radius 3 is 2.44 bits per heavy atom. The van der Waals surface area contributed by atoms with E-state index in [4.69, 9.17) is 4.42 Å². The third-order valence-electron chi connectivity index (χ3n) is 4.41. The van der Waals surface area contributed by atoms with E-state index >= 15 is 0 Å². The topological polar surface area (TPSA) is 68.0 Å². The summed E-state index contributed by atoms with van der Waals surface area (Å²) in [5.74, 6) is 0.814. The number of hydrogen-bond acceptors (Lipinski definition) is 4. The molecular formula is C22H19N3O2. The zero-order chi connectivity index (χ0) is 18.8. The molecule has 27 heavy (non-hydrogen) atoms. The SMILES string of the molecule is CC(C)c1ccc(C(=O)Nc2ccc3oc(-c4ccncc4)nc3c2)cc1. The van der Waals surface area contributed by atoms with Crippen LogP contribution in [0.3, 0.4) is 0 Å². The van der Waals surface area contributed by atoms with Gasteiger partial charge in [-0.3, -0.25) is 9.78 Å². The lowest BCUT2D eigenvalue weighted by Gasteiger charge is -2.08. The summed E-state index contributed by atoms with van der Waals surface area (Å²) >= 11 is 0. The predicted octanol–water partition coefficient (Wildman–Crippen LogP) is 5.27.